The van der Waals surface area contributed by atoms with E-state index >= 15 is 0 Å². The summed E-state index contributed by atoms with van der Waals surface area (Å²) in [6.45, 7) is 2.05. The number of Topliss-reactive ketones (excluding diaryl/α,β-unsaturated/α-hetero) is 1. The van der Waals surface area contributed by atoms with Crippen LogP contribution < -0.4 is 0 Å². The quantitative estimate of drug-likeness (QED) is 0.423. The van der Waals surface area contributed by atoms with E-state index in [4.69, 9.17) is 0 Å². The van der Waals surface area contributed by atoms with Crippen LogP contribution in [0.5, 0.6) is 0 Å². The number of fused-ring (bicyclic) bond motifs is 1. The highest BCUT2D eigenvalue weighted by Gasteiger charge is 2.27. The Morgan fingerprint density at radius 2 is 2.12 bits per heavy atom. The van der Waals surface area contributed by atoms with Crippen LogP contribution in [0, 0.1) is 16.3 Å². The summed E-state index contributed by atoms with van der Waals surface area (Å²) in [4.78, 5) is 12.7. The molecule has 0 aliphatic heterocycles. The van der Waals surface area contributed by atoms with Gasteiger partial charge in [0.25, 0.3) is 0 Å². The maximum atomic E-state index is 14.1. The highest BCUT2D eigenvalue weighted by atomic mass is 127. The lowest BCUT2D eigenvalue weighted by molar-refractivity contribution is -0.121. The summed E-state index contributed by atoms with van der Waals surface area (Å²) in [7, 11) is 0. The molecule has 4 nitrogen and oxygen atoms in total. The molecule has 0 bridgehead atoms. The number of carbonyl (C=O) groups excluding carboxylic acids is 1. The largest absolute Gasteiger partial charge is 0.297 e. The van der Waals surface area contributed by atoms with Gasteiger partial charge in [0.15, 0.2) is 5.78 Å². The maximum Gasteiger partial charge on any atom is 0.161 e. The van der Waals surface area contributed by atoms with Gasteiger partial charge in [0.1, 0.15) is 17.6 Å². The first-order valence-electron chi connectivity index (χ1n) is 8.50. The maximum absolute atomic E-state index is 14.1. The van der Waals surface area contributed by atoms with Gasteiger partial charge in [0.2, 0.25) is 0 Å². The van der Waals surface area contributed by atoms with E-state index < -0.39 is 6.04 Å². The van der Waals surface area contributed by atoms with Crippen molar-refractivity contribution in [2.24, 2.45) is 0 Å². The van der Waals surface area contributed by atoms with Crippen LogP contribution in [0.25, 0.3) is 11.3 Å². The number of hydrogen-bond donors (Lipinski definition) is 0. The van der Waals surface area contributed by atoms with Gasteiger partial charge >= 0.3 is 0 Å². The number of rotatable bonds is 2. The van der Waals surface area contributed by atoms with E-state index in [1.165, 1.54) is 15.2 Å². The highest BCUT2D eigenvalue weighted by Crippen LogP contribution is 2.28. The van der Waals surface area contributed by atoms with Crippen molar-refractivity contribution in [3.05, 3.63) is 68.7 Å². The number of nitrogens with zero attached hydrogens (tertiary/aromatic N) is 3. The smallest absolute Gasteiger partial charge is 0.161 e. The molecule has 4 rings (SSSR count). The van der Waals surface area contributed by atoms with Crippen molar-refractivity contribution in [1.29, 1.82) is 0 Å². The number of benzene rings is 2. The lowest BCUT2D eigenvalue weighted by Gasteiger charge is -2.12. The summed E-state index contributed by atoms with van der Waals surface area (Å²) < 4.78 is 16.9. The van der Waals surface area contributed by atoms with Crippen LogP contribution in [-0.4, -0.2) is 20.8 Å². The number of carbonyl (C=O) groups is 1. The second-order valence-electron chi connectivity index (χ2n) is 6.62. The van der Waals surface area contributed by atoms with E-state index in [0.717, 1.165) is 16.8 Å². The molecule has 2 aromatic carbocycles. The first kappa shape index (κ1) is 17.3. The summed E-state index contributed by atoms with van der Waals surface area (Å²) in [5, 5.41) is 8.44. The summed E-state index contributed by atoms with van der Waals surface area (Å²) in [6.07, 6.45) is 3.10. The Labute approximate surface area is 164 Å². The second kappa shape index (κ2) is 6.90. The van der Waals surface area contributed by atoms with Crippen molar-refractivity contribution in [2.45, 2.75) is 32.2 Å². The first-order chi connectivity index (χ1) is 12.5. The molecule has 0 amide bonds. The highest BCUT2D eigenvalue weighted by molar-refractivity contribution is 14.1. The van der Waals surface area contributed by atoms with Crippen LogP contribution in [-0.2, 0) is 17.6 Å². The van der Waals surface area contributed by atoms with Crippen LogP contribution in [0.3, 0.4) is 0 Å². The third kappa shape index (κ3) is 3.18. The zero-order chi connectivity index (χ0) is 18.3. The summed E-state index contributed by atoms with van der Waals surface area (Å²) in [6, 6.07) is 10.7. The van der Waals surface area contributed by atoms with Crippen molar-refractivity contribution in [3.63, 3.8) is 0 Å². The number of ketones is 1. The fourth-order valence-electron chi connectivity index (χ4n) is 3.44. The molecule has 26 heavy (non-hydrogen) atoms. The van der Waals surface area contributed by atoms with Crippen molar-refractivity contribution in [2.75, 3.05) is 0 Å². The van der Waals surface area contributed by atoms with Crippen LogP contribution >= 0.6 is 22.6 Å². The van der Waals surface area contributed by atoms with Gasteiger partial charge in [-0.3, -0.25) is 4.79 Å². The SMILES string of the molecule is Cc1cc(-c2cn(C3CCc4c(F)cccc4CC3=O)nn2)ccc1I. The van der Waals surface area contributed by atoms with Gasteiger partial charge in [0.05, 0.1) is 6.20 Å². The molecular weight excluding hydrogens is 444 g/mol. The van der Waals surface area contributed by atoms with E-state index in [1.807, 2.05) is 24.4 Å². The number of aryl methyl sites for hydroxylation is 1. The van der Waals surface area contributed by atoms with Crippen LogP contribution in [0.1, 0.15) is 29.2 Å². The van der Waals surface area contributed by atoms with Crippen molar-refractivity contribution < 1.29 is 9.18 Å². The van der Waals surface area contributed by atoms with Gasteiger partial charge in [-0.2, -0.15) is 0 Å². The molecule has 1 aliphatic rings. The lowest BCUT2D eigenvalue weighted by atomic mass is 10.0. The Bertz CT molecular complexity index is 998. The first-order valence-corrected chi connectivity index (χ1v) is 9.58. The molecule has 132 valence electrons. The minimum Gasteiger partial charge on any atom is -0.297 e. The Hall–Kier alpha value is -2.09. The molecule has 0 fully saturated rings. The van der Waals surface area contributed by atoms with Crippen LogP contribution in [0.4, 0.5) is 4.39 Å². The third-order valence-corrected chi connectivity index (χ3v) is 6.11. The van der Waals surface area contributed by atoms with E-state index in [9.17, 15) is 9.18 Å². The predicted octanol–water partition coefficient (Wildman–Crippen LogP) is 4.30. The Morgan fingerprint density at radius 1 is 1.27 bits per heavy atom. The molecule has 0 spiro atoms. The summed E-state index contributed by atoms with van der Waals surface area (Å²) >= 11 is 2.29. The van der Waals surface area contributed by atoms with E-state index in [1.54, 1.807) is 10.7 Å². The molecule has 0 N–H and O–H groups in total. The van der Waals surface area contributed by atoms with Crippen molar-refractivity contribution >= 4 is 28.4 Å². The van der Waals surface area contributed by atoms with Gasteiger partial charge in [-0.25, -0.2) is 9.07 Å². The fourth-order valence-corrected chi connectivity index (χ4v) is 3.78. The molecular formula is C20H17FIN3O. The van der Waals surface area contributed by atoms with Gasteiger partial charge in [-0.1, -0.05) is 23.4 Å². The van der Waals surface area contributed by atoms with E-state index in [0.29, 0.717) is 18.4 Å². The van der Waals surface area contributed by atoms with Crippen LogP contribution in [0.2, 0.25) is 0 Å². The van der Waals surface area contributed by atoms with Gasteiger partial charge in [-0.05, 0) is 77.2 Å². The topological polar surface area (TPSA) is 47.8 Å². The average molecular weight is 461 g/mol. The Kier molecular flexibility index (Phi) is 4.60. The minimum atomic E-state index is -0.409. The molecule has 3 aromatic rings. The monoisotopic (exact) mass is 461 g/mol. The normalized spacial score (nSPS) is 17.0. The van der Waals surface area contributed by atoms with E-state index in [-0.39, 0.29) is 18.0 Å². The van der Waals surface area contributed by atoms with Gasteiger partial charge < -0.3 is 0 Å². The number of aromatic nitrogens is 3. The third-order valence-electron chi connectivity index (χ3n) is 4.90. The molecule has 1 aromatic heterocycles. The predicted molar refractivity (Wildman–Crippen MR) is 105 cm³/mol. The zero-order valence-corrected chi connectivity index (χ0v) is 16.4. The molecule has 0 radical (unpaired) electrons. The van der Waals surface area contributed by atoms with Crippen molar-refractivity contribution in [1.82, 2.24) is 15.0 Å². The molecule has 0 saturated heterocycles. The zero-order valence-electron chi connectivity index (χ0n) is 14.2. The molecule has 1 atom stereocenters. The molecule has 6 heteroatoms. The molecule has 0 saturated carbocycles. The second-order valence-corrected chi connectivity index (χ2v) is 7.79. The molecule has 1 unspecified atom stereocenters. The minimum absolute atomic E-state index is 0.0459. The summed E-state index contributed by atoms with van der Waals surface area (Å²) in [5.41, 5.74) is 4.33. The average Bonchev–Trinajstić information content (AvgIpc) is 3.02. The molecule has 1 aliphatic carbocycles. The standard InChI is InChI=1S/C20H17FIN3O/c1-12-9-14(5-7-17(12)22)18-11-25(24-23-18)19-8-6-15-13(10-20(19)26)3-2-4-16(15)21/h2-5,7,9,11,19H,6,8,10H2,1H3. The van der Waals surface area contributed by atoms with E-state index in [2.05, 4.69) is 45.9 Å². The van der Waals surface area contributed by atoms with Gasteiger partial charge in [0, 0.05) is 15.6 Å². The van der Waals surface area contributed by atoms with Crippen molar-refractivity contribution in [3.8, 4) is 11.3 Å². The lowest BCUT2D eigenvalue weighted by Crippen LogP contribution is -2.20. The number of halogens is 2. The summed E-state index contributed by atoms with van der Waals surface area (Å²) in [5.74, 6) is -0.186. The fraction of sp³-hybridized carbons (Fsp3) is 0.250. The van der Waals surface area contributed by atoms with Crippen LogP contribution in [0.15, 0.2) is 42.6 Å². The number of hydrogen-bond acceptors (Lipinski definition) is 3. The molecule has 1 heterocycles. The Balaban J connectivity index is 1.63. The van der Waals surface area contributed by atoms with Gasteiger partial charge in [-0.15, -0.1) is 5.10 Å². The Morgan fingerprint density at radius 3 is 2.92 bits per heavy atom.